The molecule has 0 bridgehead atoms. The molecule has 5 heteroatoms. The molecule has 0 aliphatic heterocycles. The second kappa shape index (κ2) is 7.27. The van der Waals surface area contributed by atoms with Crippen molar-refractivity contribution in [2.45, 2.75) is 44.9 Å². The predicted octanol–water partition coefficient (Wildman–Crippen LogP) is 2.95. The minimum Gasteiger partial charge on any atom is -0.494 e. The Kier molecular flexibility index (Phi) is 6.23. The smallest absolute Gasteiger partial charge is 0.153 e. The maximum Gasteiger partial charge on any atom is 0.153 e. The van der Waals surface area contributed by atoms with Crippen molar-refractivity contribution in [1.29, 1.82) is 0 Å². The molecule has 21 heavy (non-hydrogen) atoms. The quantitative estimate of drug-likeness (QED) is 0.801. The van der Waals surface area contributed by atoms with Gasteiger partial charge >= 0.3 is 0 Å². The Hall–Kier alpha value is -1.07. The summed E-state index contributed by atoms with van der Waals surface area (Å²) in [5.41, 5.74) is 1.11. The Morgan fingerprint density at radius 3 is 2.29 bits per heavy atom. The summed E-state index contributed by atoms with van der Waals surface area (Å²) in [6.07, 6.45) is 2.26. The van der Waals surface area contributed by atoms with Gasteiger partial charge in [-0.3, -0.25) is 0 Å². The van der Waals surface area contributed by atoms with Gasteiger partial charge in [-0.15, -0.1) is 0 Å². The average Bonchev–Trinajstić information content (AvgIpc) is 2.42. The first-order valence-corrected chi connectivity index (χ1v) is 9.22. The van der Waals surface area contributed by atoms with Gasteiger partial charge in [0.05, 0.1) is 11.4 Å². The minimum absolute atomic E-state index is 0.0891. The van der Waals surface area contributed by atoms with E-state index in [2.05, 4.69) is 12.2 Å². The Bertz CT molecular complexity index is 535. The van der Waals surface area contributed by atoms with Crippen molar-refractivity contribution in [3.8, 4) is 5.75 Å². The zero-order chi connectivity index (χ0) is 16.1. The molecule has 0 heterocycles. The van der Waals surface area contributed by atoms with E-state index < -0.39 is 14.6 Å². The molecule has 1 atom stereocenters. The summed E-state index contributed by atoms with van der Waals surface area (Å²) >= 11 is 0. The van der Waals surface area contributed by atoms with E-state index in [0.717, 1.165) is 24.3 Å². The highest BCUT2D eigenvalue weighted by Crippen LogP contribution is 2.20. The van der Waals surface area contributed by atoms with E-state index in [-0.39, 0.29) is 6.04 Å². The molecule has 0 spiro atoms. The number of hydrogen-bond donors (Lipinski definition) is 1. The number of rotatable bonds is 8. The van der Waals surface area contributed by atoms with Crippen molar-refractivity contribution in [1.82, 2.24) is 5.32 Å². The molecule has 0 amide bonds. The van der Waals surface area contributed by atoms with Crippen molar-refractivity contribution < 1.29 is 13.2 Å². The van der Waals surface area contributed by atoms with Crippen LogP contribution in [-0.2, 0) is 9.84 Å². The molecule has 0 fully saturated rings. The summed E-state index contributed by atoms with van der Waals surface area (Å²) in [6, 6.07) is 8.01. The van der Waals surface area contributed by atoms with Crippen LogP contribution < -0.4 is 10.1 Å². The van der Waals surface area contributed by atoms with E-state index in [9.17, 15) is 8.42 Å². The fraction of sp³-hybridized carbons (Fsp3) is 0.625. The van der Waals surface area contributed by atoms with Gasteiger partial charge in [0, 0.05) is 18.8 Å². The van der Waals surface area contributed by atoms with Crippen LogP contribution in [0, 0.1) is 0 Å². The molecule has 0 radical (unpaired) electrons. The van der Waals surface area contributed by atoms with Gasteiger partial charge in [-0.2, -0.15) is 0 Å². The molecule has 120 valence electrons. The van der Waals surface area contributed by atoms with E-state index in [4.69, 9.17) is 4.74 Å². The number of benzene rings is 1. The van der Waals surface area contributed by atoms with Crippen LogP contribution in [0.5, 0.6) is 5.75 Å². The summed E-state index contributed by atoms with van der Waals surface area (Å²) in [7, 11) is -3.08. The van der Waals surface area contributed by atoms with E-state index in [1.165, 1.54) is 6.26 Å². The van der Waals surface area contributed by atoms with Crippen LogP contribution in [0.4, 0.5) is 0 Å². The van der Waals surface area contributed by atoms with Gasteiger partial charge in [0.15, 0.2) is 9.84 Å². The van der Waals surface area contributed by atoms with E-state index >= 15 is 0 Å². The van der Waals surface area contributed by atoms with Crippen LogP contribution in [0.1, 0.15) is 45.7 Å². The second-order valence-electron chi connectivity index (χ2n) is 6.05. The average molecular weight is 313 g/mol. The molecule has 0 saturated heterocycles. The number of nitrogens with one attached hydrogen (secondary N) is 1. The molecule has 1 aromatic rings. The van der Waals surface area contributed by atoms with E-state index in [1.807, 2.05) is 31.2 Å². The first-order valence-electron chi connectivity index (χ1n) is 7.33. The highest BCUT2D eigenvalue weighted by Gasteiger charge is 2.30. The highest BCUT2D eigenvalue weighted by molar-refractivity contribution is 7.92. The third-order valence-corrected chi connectivity index (χ3v) is 5.84. The lowest BCUT2D eigenvalue weighted by Gasteiger charge is -2.25. The maximum atomic E-state index is 11.7. The van der Waals surface area contributed by atoms with Crippen LogP contribution in [0.3, 0.4) is 0 Å². The molecule has 1 rings (SSSR count). The lowest BCUT2D eigenvalue weighted by atomic mass is 10.1. The van der Waals surface area contributed by atoms with Crippen molar-refractivity contribution >= 4 is 9.84 Å². The Balaban J connectivity index is 2.62. The molecule has 0 aromatic heterocycles. The van der Waals surface area contributed by atoms with Gasteiger partial charge < -0.3 is 10.1 Å². The highest BCUT2D eigenvalue weighted by atomic mass is 32.2. The summed E-state index contributed by atoms with van der Waals surface area (Å²) in [4.78, 5) is 0. The van der Waals surface area contributed by atoms with Crippen LogP contribution in [-0.4, -0.2) is 32.6 Å². The SMILES string of the molecule is CCCOc1ccc(C(C)NCC(C)(C)S(C)(=O)=O)cc1. The predicted molar refractivity (Wildman–Crippen MR) is 87.6 cm³/mol. The summed E-state index contributed by atoms with van der Waals surface area (Å²) in [5.74, 6) is 0.865. The lowest BCUT2D eigenvalue weighted by Crippen LogP contribution is -2.42. The van der Waals surface area contributed by atoms with E-state index in [0.29, 0.717) is 6.54 Å². The largest absolute Gasteiger partial charge is 0.494 e. The van der Waals surface area contributed by atoms with Gasteiger partial charge in [-0.1, -0.05) is 19.1 Å². The van der Waals surface area contributed by atoms with Gasteiger partial charge in [-0.25, -0.2) is 8.42 Å². The molecule has 1 N–H and O–H groups in total. The zero-order valence-corrected chi connectivity index (χ0v) is 14.5. The van der Waals surface area contributed by atoms with Gasteiger partial charge in [0.1, 0.15) is 5.75 Å². The third kappa shape index (κ3) is 5.32. The van der Waals surface area contributed by atoms with Gasteiger partial charge in [0.2, 0.25) is 0 Å². The number of hydrogen-bond acceptors (Lipinski definition) is 4. The normalized spacial score (nSPS) is 14.0. The van der Waals surface area contributed by atoms with Crippen LogP contribution in [0.15, 0.2) is 24.3 Å². The van der Waals surface area contributed by atoms with Crippen molar-refractivity contribution in [2.24, 2.45) is 0 Å². The number of sulfone groups is 1. The Labute approximate surface area is 128 Å². The number of ether oxygens (including phenoxy) is 1. The van der Waals surface area contributed by atoms with Gasteiger partial charge in [0.25, 0.3) is 0 Å². The van der Waals surface area contributed by atoms with Crippen molar-refractivity contribution in [3.05, 3.63) is 29.8 Å². The first-order chi connectivity index (χ1) is 9.67. The van der Waals surface area contributed by atoms with Crippen molar-refractivity contribution in [2.75, 3.05) is 19.4 Å². The zero-order valence-electron chi connectivity index (χ0n) is 13.6. The Morgan fingerprint density at radius 2 is 1.81 bits per heavy atom. The second-order valence-corrected chi connectivity index (χ2v) is 8.70. The third-order valence-electron chi connectivity index (χ3n) is 3.69. The minimum atomic E-state index is -3.08. The molecular weight excluding hydrogens is 286 g/mol. The lowest BCUT2D eigenvalue weighted by molar-refractivity contribution is 0.317. The standard InChI is InChI=1S/C16H27NO3S/c1-6-11-20-15-9-7-14(8-10-15)13(2)17-12-16(3,4)21(5,18)19/h7-10,13,17H,6,11-12H2,1-5H3. The first kappa shape index (κ1) is 18.0. The van der Waals surface area contributed by atoms with E-state index in [1.54, 1.807) is 13.8 Å². The molecule has 0 saturated carbocycles. The monoisotopic (exact) mass is 313 g/mol. The molecule has 0 aliphatic carbocycles. The molecule has 1 unspecified atom stereocenters. The Morgan fingerprint density at radius 1 is 1.24 bits per heavy atom. The van der Waals surface area contributed by atoms with Crippen LogP contribution in [0.2, 0.25) is 0 Å². The van der Waals surface area contributed by atoms with Crippen LogP contribution >= 0.6 is 0 Å². The fourth-order valence-electron chi connectivity index (χ4n) is 1.72. The van der Waals surface area contributed by atoms with Gasteiger partial charge in [-0.05, 0) is 44.9 Å². The van der Waals surface area contributed by atoms with Crippen LogP contribution in [0.25, 0.3) is 0 Å². The molecule has 4 nitrogen and oxygen atoms in total. The fourth-order valence-corrected chi connectivity index (χ4v) is 2.07. The van der Waals surface area contributed by atoms with Crippen molar-refractivity contribution in [3.63, 3.8) is 0 Å². The maximum absolute atomic E-state index is 11.7. The summed E-state index contributed by atoms with van der Waals surface area (Å²) in [6.45, 7) is 8.72. The summed E-state index contributed by atoms with van der Waals surface area (Å²) < 4.78 is 28.2. The molecule has 0 aliphatic rings. The molecular formula is C16H27NO3S. The molecule has 1 aromatic carbocycles. The summed E-state index contributed by atoms with van der Waals surface area (Å²) in [5, 5.41) is 3.29. The topological polar surface area (TPSA) is 55.4 Å².